The van der Waals surface area contributed by atoms with E-state index in [4.69, 9.17) is 4.42 Å². The maximum atomic E-state index is 5.51. The molecule has 0 aliphatic rings. The molecule has 1 aromatic carbocycles. The van der Waals surface area contributed by atoms with E-state index >= 15 is 0 Å². The average Bonchev–Trinajstić information content (AvgIpc) is 2.94. The van der Waals surface area contributed by atoms with Crippen molar-refractivity contribution < 1.29 is 4.42 Å². The smallest absolute Gasteiger partial charge is 0.226 e. The number of aryl methyl sites for hydroxylation is 1. The minimum atomic E-state index is 0.696. The second-order valence-corrected chi connectivity index (χ2v) is 5.60. The second kappa shape index (κ2) is 8.07. The molecule has 0 bridgehead atoms. The summed E-state index contributed by atoms with van der Waals surface area (Å²) in [7, 11) is 0. The summed E-state index contributed by atoms with van der Waals surface area (Å²) in [4.78, 5) is 1.23. The molecule has 0 aliphatic carbocycles. The van der Waals surface area contributed by atoms with Gasteiger partial charge in [-0.2, -0.15) is 0 Å². The van der Waals surface area contributed by atoms with Crippen LogP contribution in [0, 0.1) is 0 Å². The van der Waals surface area contributed by atoms with E-state index in [1.807, 2.05) is 6.92 Å². The quantitative estimate of drug-likeness (QED) is 0.596. The summed E-state index contributed by atoms with van der Waals surface area (Å²) in [5.74, 6) is 2.12. The lowest BCUT2D eigenvalue weighted by Crippen LogP contribution is -2.13. The maximum absolute atomic E-state index is 5.51. The fraction of sp³-hybridized carbons (Fsp3) is 0.467. The van der Waals surface area contributed by atoms with Crippen molar-refractivity contribution in [1.29, 1.82) is 0 Å². The average molecular weight is 291 g/mol. The van der Waals surface area contributed by atoms with Crippen LogP contribution in [0.5, 0.6) is 0 Å². The minimum Gasteiger partial charge on any atom is -0.424 e. The molecule has 1 aromatic heterocycles. The van der Waals surface area contributed by atoms with Gasteiger partial charge in [-0.25, -0.2) is 0 Å². The van der Waals surface area contributed by atoms with Gasteiger partial charge in [0.1, 0.15) is 0 Å². The van der Waals surface area contributed by atoms with E-state index in [-0.39, 0.29) is 0 Å². The third-order valence-corrected chi connectivity index (χ3v) is 3.81. The zero-order valence-corrected chi connectivity index (χ0v) is 12.9. The Bertz CT molecular complexity index is 527. The molecule has 108 valence electrons. The van der Waals surface area contributed by atoms with E-state index in [1.165, 1.54) is 10.5 Å². The minimum absolute atomic E-state index is 0.696. The van der Waals surface area contributed by atoms with Crippen LogP contribution in [0.2, 0.25) is 0 Å². The molecule has 4 nitrogen and oxygen atoms in total. The fourth-order valence-corrected chi connectivity index (χ4v) is 2.61. The van der Waals surface area contributed by atoms with Crippen LogP contribution in [-0.4, -0.2) is 16.7 Å². The Balaban J connectivity index is 1.87. The molecule has 0 saturated carbocycles. The van der Waals surface area contributed by atoms with Gasteiger partial charge in [0.2, 0.25) is 11.8 Å². The van der Waals surface area contributed by atoms with Gasteiger partial charge in [-0.3, -0.25) is 0 Å². The lowest BCUT2D eigenvalue weighted by atomic mass is 10.2. The van der Waals surface area contributed by atoms with Crippen LogP contribution in [0.1, 0.15) is 37.6 Å². The van der Waals surface area contributed by atoms with Gasteiger partial charge in [0.05, 0.1) is 5.75 Å². The number of hydrogen-bond acceptors (Lipinski definition) is 5. The van der Waals surface area contributed by atoms with Gasteiger partial charge in [-0.1, -0.05) is 26.0 Å². The van der Waals surface area contributed by atoms with Crippen LogP contribution in [-0.2, 0) is 18.7 Å². The van der Waals surface area contributed by atoms with E-state index in [0.717, 1.165) is 31.7 Å². The van der Waals surface area contributed by atoms with E-state index < -0.39 is 0 Å². The predicted octanol–water partition coefficient (Wildman–Crippen LogP) is 3.42. The second-order valence-electron chi connectivity index (χ2n) is 4.56. The highest BCUT2D eigenvalue weighted by Crippen LogP contribution is 2.23. The van der Waals surface area contributed by atoms with Crippen molar-refractivity contribution >= 4 is 11.8 Å². The summed E-state index contributed by atoms with van der Waals surface area (Å²) < 4.78 is 5.51. The summed E-state index contributed by atoms with van der Waals surface area (Å²) in [6, 6.07) is 8.57. The van der Waals surface area contributed by atoms with Crippen molar-refractivity contribution in [3.05, 3.63) is 41.6 Å². The van der Waals surface area contributed by atoms with Crippen LogP contribution < -0.4 is 5.32 Å². The third kappa shape index (κ3) is 4.65. The van der Waals surface area contributed by atoms with Gasteiger partial charge in [-0.05, 0) is 30.7 Å². The van der Waals surface area contributed by atoms with Crippen LogP contribution in [0.15, 0.2) is 33.6 Å². The zero-order valence-electron chi connectivity index (χ0n) is 12.1. The van der Waals surface area contributed by atoms with Gasteiger partial charge in [-0.15, -0.1) is 22.0 Å². The van der Waals surface area contributed by atoms with Crippen molar-refractivity contribution in [2.75, 3.05) is 6.54 Å². The maximum Gasteiger partial charge on any atom is 0.226 e. The Morgan fingerprint density at radius 3 is 2.80 bits per heavy atom. The molecule has 2 rings (SSSR count). The summed E-state index contributed by atoms with van der Waals surface area (Å²) in [5.41, 5.74) is 1.31. The van der Waals surface area contributed by atoms with Crippen LogP contribution >= 0.6 is 11.8 Å². The predicted molar refractivity (Wildman–Crippen MR) is 81.7 cm³/mol. The summed E-state index contributed by atoms with van der Waals surface area (Å²) in [5, 5.41) is 11.4. The van der Waals surface area contributed by atoms with Crippen LogP contribution in [0.3, 0.4) is 0 Å². The Morgan fingerprint density at radius 1 is 1.20 bits per heavy atom. The number of nitrogens with one attached hydrogen (secondary N) is 1. The lowest BCUT2D eigenvalue weighted by molar-refractivity contribution is 0.470. The molecule has 0 spiro atoms. The molecule has 20 heavy (non-hydrogen) atoms. The van der Waals surface area contributed by atoms with Crippen molar-refractivity contribution in [3.8, 4) is 0 Å². The van der Waals surface area contributed by atoms with Crippen molar-refractivity contribution in [1.82, 2.24) is 15.5 Å². The lowest BCUT2D eigenvalue weighted by Gasteiger charge is -2.05. The number of nitrogens with zero attached hydrogens (tertiary/aromatic N) is 2. The molecule has 1 heterocycles. The van der Waals surface area contributed by atoms with Crippen LogP contribution in [0.25, 0.3) is 0 Å². The SMILES string of the molecule is CCCNCc1cccc(SCc2nnc(CC)o2)c1. The van der Waals surface area contributed by atoms with Gasteiger partial charge in [0.15, 0.2) is 0 Å². The van der Waals surface area contributed by atoms with Gasteiger partial charge in [0.25, 0.3) is 0 Å². The number of rotatable bonds is 8. The van der Waals surface area contributed by atoms with Crippen molar-refractivity contribution in [2.24, 2.45) is 0 Å². The number of hydrogen-bond donors (Lipinski definition) is 1. The van der Waals surface area contributed by atoms with Crippen LogP contribution in [0.4, 0.5) is 0 Å². The molecule has 2 aromatic rings. The standard InChI is InChI=1S/C15H21N3OS/c1-3-8-16-10-12-6-5-7-13(9-12)20-11-15-18-17-14(4-2)19-15/h5-7,9,16H,3-4,8,10-11H2,1-2H3. The molecule has 0 aliphatic heterocycles. The van der Waals surface area contributed by atoms with Crippen molar-refractivity contribution in [2.45, 2.75) is 43.9 Å². The highest BCUT2D eigenvalue weighted by atomic mass is 32.2. The monoisotopic (exact) mass is 291 g/mol. The summed E-state index contributed by atoms with van der Waals surface area (Å²) >= 11 is 1.73. The largest absolute Gasteiger partial charge is 0.424 e. The Labute approximate surface area is 124 Å². The summed E-state index contributed by atoms with van der Waals surface area (Å²) in [6.07, 6.45) is 1.95. The van der Waals surface area contributed by atoms with E-state index in [1.54, 1.807) is 11.8 Å². The van der Waals surface area contributed by atoms with Gasteiger partial charge < -0.3 is 9.73 Å². The Morgan fingerprint density at radius 2 is 2.05 bits per heavy atom. The highest BCUT2D eigenvalue weighted by Gasteiger charge is 2.05. The molecule has 0 radical (unpaired) electrons. The van der Waals surface area contributed by atoms with E-state index in [0.29, 0.717) is 11.8 Å². The molecular formula is C15H21N3OS. The van der Waals surface area contributed by atoms with Gasteiger partial charge in [0, 0.05) is 17.9 Å². The first-order chi connectivity index (χ1) is 9.81. The number of thioether (sulfide) groups is 1. The normalized spacial score (nSPS) is 10.9. The molecule has 0 fully saturated rings. The molecule has 5 heteroatoms. The molecule has 1 N–H and O–H groups in total. The Hall–Kier alpha value is -1.33. The third-order valence-electron chi connectivity index (χ3n) is 2.83. The van der Waals surface area contributed by atoms with Gasteiger partial charge >= 0.3 is 0 Å². The molecule has 0 saturated heterocycles. The molecule has 0 atom stereocenters. The Kier molecular flexibility index (Phi) is 6.08. The first kappa shape index (κ1) is 15.1. The fourth-order valence-electron chi connectivity index (χ4n) is 1.79. The first-order valence-electron chi connectivity index (χ1n) is 7.05. The summed E-state index contributed by atoms with van der Waals surface area (Å²) in [6.45, 7) is 6.16. The van der Waals surface area contributed by atoms with E-state index in [2.05, 4.69) is 46.7 Å². The number of aromatic nitrogens is 2. The zero-order chi connectivity index (χ0) is 14.2. The molecular weight excluding hydrogens is 270 g/mol. The van der Waals surface area contributed by atoms with E-state index in [9.17, 15) is 0 Å². The molecule has 0 unspecified atom stereocenters. The first-order valence-corrected chi connectivity index (χ1v) is 8.04. The highest BCUT2D eigenvalue weighted by molar-refractivity contribution is 7.98. The number of benzene rings is 1. The molecule has 0 amide bonds. The van der Waals surface area contributed by atoms with Crippen molar-refractivity contribution in [3.63, 3.8) is 0 Å². The topological polar surface area (TPSA) is 51.0 Å².